The Balaban J connectivity index is 1.67. The highest BCUT2D eigenvalue weighted by molar-refractivity contribution is 6.03. The number of benzene rings is 2. The van der Waals surface area contributed by atoms with E-state index in [-0.39, 0.29) is 35.2 Å². The Kier molecular flexibility index (Phi) is 6.86. The van der Waals surface area contributed by atoms with Gasteiger partial charge < -0.3 is 25.0 Å². The van der Waals surface area contributed by atoms with Crippen LogP contribution in [0.15, 0.2) is 48.5 Å². The third kappa shape index (κ3) is 5.39. The third-order valence-corrected chi connectivity index (χ3v) is 4.86. The van der Waals surface area contributed by atoms with Crippen LogP contribution >= 0.6 is 0 Å². The Hall–Kier alpha value is -3.88. The summed E-state index contributed by atoms with van der Waals surface area (Å²) in [5, 5.41) is 5.30. The fourth-order valence-corrected chi connectivity index (χ4v) is 3.35. The number of methoxy groups -OCH3 is 2. The first-order chi connectivity index (χ1) is 14.9. The minimum atomic E-state index is -0.670. The Morgan fingerprint density at radius 2 is 1.74 bits per heavy atom. The fourth-order valence-electron chi connectivity index (χ4n) is 3.35. The summed E-state index contributed by atoms with van der Waals surface area (Å²) in [4.78, 5) is 50.3. The lowest BCUT2D eigenvalue weighted by molar-refractivity contribution is -0.128. The number of hydrogen-bond acceptors (Lipinski definition) is 6. The highest BCUT2D eigenvalue weighted by Gasteiger charge is 2.30. The van der Waals surface area contributed by atoms with Crippen LogP contribution in [0.4, 0.5) is 10.5 Å². The van der Waals surface area contributed by atoms with Gasteiger partial charge in [0.2, 0.25) is 5.91 Å². The molecule has 0 saturated carbocycles. The number of anilines is 1. The largest absolute Gasteiger partial charge is 0.465 e. The first kappa shape index (κ1) is 21.8. The Bertz CT molecular complexity index is 992. The van der Waals surface area contributed by atoms with E-state index < -0.39 is 18.0 Å². The maximum atomic E-state index is 12.5. The van der Waals surface area contributed by atoms with Crippen LogP contribution in [0.3, 0.4) is 0 Å². The number of urea groups is 1. The van der Waals surface area contributed by atoms with Crippen LogP contribution in [0.2, 0.25) is 0 Å². The molecule has 0 aliphatic carbocycles. The number of esters is 2. The fraction of sp³-hybridized carbons (Fsp3) is 0.273. The molecule has 2 aromatic rings. The van der Waals surface area contributed by atoms with Gasteiger partial charge >= 0.3 is 18.0 Å². The third-order valence-electron chi connectivity index (χ3n) is 4.86. The summed E-state index contributed by atoms with van der Waals surface area (Å²) in [6, 6.07) is 12.7. The van der Waals surface area contributed by atoms with Gasteiger partial charge in [-0.05, 0) is 23.8 Å². The summed E-state index contributed by atoms with van der Waals surface area (Å²) >= 11 is 0. The van der Waals surface area contributed by atoms with Gasteiger partial charge in [0.1, 0.15) is 0 Å². The summed E-state index contributed by atoms with van der Waals surface area (Å²) in [6.07, 6.45) is 0.173. The van der Waals surface area contributed by atoms with Crippen molar-refractivity contribution in [3.63, 3.8) is 0 Å². The first-order valence-electron chi connectivity index (χ1n) is 9.61. The quantitative estimate of drug-likeness (QED) is 0.686. The van der Waals surface area contributed by atoms with Gasteiger partial charge in [-0.1, -0.05) is 30.3 Å². The lowest BCUT2D eigenvalue weighted by atomic mass is 10.1. The number of nitrogens with one attached hydrogen (secondary N) is 2. The van der Waals surface area contributed by atoms with Crippen molar-refractivity contribution in [2.45, 2.75) is 19.0 Å². The van der Waals surface area contributed by atoms with E-state index in [1.807, 2.05) is 30.3 Å². The van der Waals surface area contributed by atoms with Crippen LogP contribution in [-0.4, -0.2) is 55.6 Å². The average molecular weight is 425 g/mol. The van der Waals surface area contributed by atoms with Gasteiger partial charge in [-0.2, -0.15) is 0 Å². The standard InChI is InChI=1S/C22H23N3O6/c1-30-20(27)15-8-9-17(21(28)31-2)18(10-15)24-22(29)23-16-11-19(26)25(13-16)12-14-6-4-3-5-7-14/h3-10,16H,11-13H2,1-2H3,(H2,23,24,29). The van der Waals surface area contributed by atoms with E-state index >= 15 is 0 Å². The molecule has 3 amide bonds. The van der Waals surface area contributed by atoms with Crippen molar-refractivity contribution >= 4 is 29.6 Å². The van der Waals surface area contributed by atoms with Gasteiger partial charge in [-0.3, -0.25) is 4.79 Å². The summed E-state index contributed by atoms with van der Waals surface area (Å²) in [7, 11) is 2.44. The SMILES string of the molecule is COC(=O)c1ccc(C(=O)OC)c(NC(=O)NC2CC(=O)N(Cc3ccccc3)C2)c1. The second-order valence-corrected chi connectivity index (χ2v) is 7.00. The molecule has 1 aliphatic heterocycles. The van der Waals surface area contributed by atoms with Crippen molar-refractivity contribution in [2.24, 2.45) is 0 Å². The predicted molar refractivity (Wildman–Crippen MR) is 112 cm³/mol. The van der Waals surface area contributed by atoms with Crippen molar-refractivity contribution in [2.75, 3.05) is 26.1 Å². The van der Waals surface area contributed by atoms with Crippen molar-refractivity contribution in [3.8, 4) is 0 Å². The van der Waals surface area contributed by atoms with Crippen LogP contribution in [0, 0.1) is 0 Å². The number of rotatable bonds is 6. The Labute approximate surface area is 179 Å². The van der Waals surface area contributed by atoms with E-state index in [4.69, 9.17) is 4.74 Å². The van der Waals surface area contributed by atoms with Crippen LogP contribution in [0.1, 0.15) is 32.7 Å². The molecule has 31 heavy (non-hydrogen) atoms. The molecule has 2 aromatic carbocycles. The molecule has 9 heteroatoms. The number of amides is 3. The molecule has 1 fully saturated rings. The topological polar surface area (TPSA) is 114 Å². The molecule has 0 spiro atoms. The maximum Gasteiger partial charge on any atom is 0.339 e. The Morgan fingerprint density at radius 3 is 2.42 bits per heavy atom. The van der Waals surface area contributed by atoms with Crippen molar-refractivity contribution < 1.29 is 28.7 Å². The molecule has 2 N–H and O–H groups in total. The number of carbonyl (C=O) groups is 4. The zero-order valence-corrected chi connectivity index (χ0v) is 17.2. The van der Waals surface area contributed by atoms with Gasteiger partial charge in [-0.15, -0.1) is 0 Å². The maximum absolute atomic E-state index is 12.5. The van der Waals surface area contributed by atoms with Gasteiger partial charge in [0, 0.05) is 19.5 Å². The van der Waals surface area contributed by atoms with E-state index in [1.54, 1.807) is 4.90 Å². The zero-order chi connectivity index (χ0) is 22.4. The molecule has 0 aromatic heterocycles. The Morgan fingerprint density at radius 1 is 1.03 bits per heavy atom. The summed E-state index contributed by atoms with van der Waals surface area (Å²) in [6.45, 7) is 0.834. The molecule has 1 unspecified atom stereocenters. The zero-order valence-electron chi connectivity index (χ0n) is 17.2. The highest BCUT2D eigenvalue weighted by atomic mass is 16.5. The molecule has 1 atom stereocenters. The monoisotopic (exact) mass is 425 g/mol. The number of likely N-dealkylation sites (tertiary alicyclic amines) is 1. The van der Waals surface area contributed by atoms with Gasteiger partial charge in [0.15, 0.2) is 0 Å². The predicted octanol–water partition coefficient (Wildman–Crippen LogP) is 2.18. The minimum absolute atomic E-state index is 0.0582. The second kappa shape index (κ2) is 9.75. The van der Waals surface area contributed by atoms with Gasteiger partial charge in [0.25, 0.3) is 0 Å². The molecule has 1 aliphatic rings. The van der Waals surface area contributed by atoms with Gasteiger partial charge in [-0.25, -0.2) is 14.4 Å². The van der Waals surface area contributed by atoms with Crippen LogP contribution in [-0.2, 0) is 20.8 Å². The van der Waals surface area contributed by atoms with Crippen molar-refractivity contribution in [1.82, 2.24) is 10.2 Å². The van der Waals surface area contributed by atoms with Crippen LogP contribution < -0.4 is 10.6 Å². The smallest absolute Gasteiger partial charge is 0.339 e. The van der Waals surface area contributed by atoms with Crippen molar-refractivity contribution in [3.05, 3.63) is 65.2 Å². The summed E-state index contributed by atoms with van der Waals surface area (Å²) < 4.78 is 9.40. The molecule has 0 radical (unpaired) electrons. The first-order valence-corrected chi connectivity index (χ1v) is 9.61. The molecule has 0 bridgehead atoms. The van der Waals surface area contributed by atoms with E-state index in [2.05, 4.69) is 15.4 Å². The lowest BCUT2D eigenvalue weighted by Crippen LogP contribution is -2.39. The van der Waals surface area contributed by atoms with E-state index in [9.17, 15) is 19.2 Å². The number of ether oxygens (including phenoxy) is 2. The second-order valence-electron chi connectivity index (χ2n) is 7.00. The highest BCUT2D eigenvalue weighted by Crippen LogP contribution is 2.20. The number of hydrogen-bond donors (Lipinski definition) is 2. The summed E-state index contributed by atoms with van der Waals surface area (Å²) in [5.41, 5.74) is 1.34. The van der Waals surface area contributed by atoms with E-state index in [0.717, 1.165) is 5.56 Å². The normalized spacial score (nSPS) is 15.4. The van der Waals surface area contributed by atoms with Crippen LogP contribution in [0.5, 0.6) is 0 Å². The van der Waals surface area contributed by atoms with Gasteiger partial charge in [0.05, 0.1) is 37.1 Å². The number of nitrogens with zero attached hydrogens (tertiary/aromatic N) is 1. The van der Waals surface area contributed by atoms with E-state index in [1.165, 1.54) is 32.4 Å². The van der Waals surface area contributed by atoms with E-state index in [0.29, 0.717) is 13.1 Å². The molecule has 9 nitrogen and oxygen atoms in total. The molecule has 3 rings (SSSR count). The van der Waals surface area contributed by atoms with Crippen molar-refractivity contribution in [1.29, 1.82) is 0 Å². The lowest BCUT2D eigenvalue weighted by Gasteiger charge is -2.18. The number of carbonyl (C=O) groups excluding carboxylic acids is 4. The molecule has 1 saturated heterocycles. The average Bonchev–Trinajstić information content (AvgIpc) is 3.11. The van der Waals surface area contributed by atoms with Crippen LogP contribution in [0.25, 0.3) is 0 Å². The summed E-state index contributed by atoms with van der Waals surface area (Å²) in [5.74, 6) is -1.34. The molecule has 1 heterocycles. The molecular weight excluding hydrogens is 402 g/mol. The minimum Gasteiger partial charge on any atom is -0.465 e. The molecular formula is C22H23N3O6. The molecule has 162 valence electrons.